The van der Waals surface area contributed by atoms with Crippen LogP contribution in [0.3, 0.4) is 0 Å². The average Bonchev–Trinajstić information content (AvgIpc) is 2.26. The number of hydrogen-bond donors (Lipinski definition) is 1. The largest absolute Gasteiger partial charge is 0.491 e. The molecule has 0 aromatic heterocycles. The molecular weight excluding hydrogens is 213 g/mol. The summed E-state index contributed by atoms with van der Waals surface area (Å²) in [4.78, 5) is 11.1. The van der Waals surface area contributed by atoms with Crippen molar-refractivity contribution in [3.8, 4) is 5.75 Å². The van der Waals surface area contributed by atoms with Crippen LogP contribution in [0.15, 0.2) is 24.3 Å². The van der Waals surface area contributed by atoms with E-state index in [1.54, 1.807) is 13.0 Å². The highest BCUT2D eigenvalue weighted by Gasteiger charge is 2.15. The van der Waals surface area contributed by atoms with Crippen LogP contribution in [0.25, 0.3) is 0 Å². The summed E-state index contributed by atoms with van der Waals surface area (Å²) in [6.07, 6.45) is 0. The fraction of sp³-hybridized carbons (Fsp3) is 0.364. The molecule has 1 rings (SSSR count). The van der Waals surface area contributed by atoms with Crippen LogP contribution in [0, 0.1) is 5.82 Å². The summed E-state index contributed by atoms with van der Waals surface area (Å²) in [5.41, 5.74) is 5.50. The van der Waals surface area contributed by atoms with Gasteiger partial charge in [0.15, 0.2) is 0 Å². The molecule has 5 heteroatoms. The molecule has 0 amide bonds. The molecule has 1 unspecified atom stereocenters. The normalized spacial score (nSPS) is 11.9. The van der Waals surface area contributed by atoms with E-state index in [1.165, 1.54) is 18.2 Å². The topological polar surface area (TPSA) is 61.5 Å². The van der Waals surface area contributed by atoms with Gasteiger partial charge in [-0.3, -0.25) is 4.79 Å². The van der Waals surface area contributed by atoms with Crippen LogP contribution in [0.4, 0.5) is 4.39 Å². The van der Waals surface area contributed by atoms with Crippen LogP contribution in [0.2, 0.25) is 0 Å². The maximum absolute atomic E-state index is 12.8. The van der Waals surface area contributed by atoms with Crippen molar-refractivity contribution < 1.29 is 18.7 Å². The van der Waals surface area contributed by atoms with E-state index in [-0.39, 0.29) is 13.2 Å². The third kappa shape index (κ3) is 3.86. The van der Waals surface area contributed by atoms with Gasteiger partial charge >= 0.3 is 5.97 Å². The lowest BCUT2D eigenvalue weighted by atomic mass is 10.3. The van der Waals surface area contributed by atoms with Gasteiger partial charge in [-0.2, -0.15) is 0 Å². The number of rotatable bonds is 5. The van der Waals surface area contributed by atoms with Crippen molar-refractivity contribution in [2.24, 2.45) is 5.73 Å². The molecule has 0 aliphatic rings. The van der Waals surface area contributed by atoms with Crippen LogP contribution in [-0.2, 0) is 9.53 Å². The SMILES string of the molecule is CCOC(=O)C(N)COc1cccc(F)c1. The Labute approximate surface area is 93.2 Å². The second kappa shape index (κ2) is 6.07. The van der Waals surface area contributed by atoms with E-state index in [2.05, 4.69) is 0 Å². The van der Waals surface area contributed by atoms with Crippen molar-refractivity contribution in [2.75, 3.05) is 13.2 Å². The Morgan fingerprint density at radius 1 is 1.56 bits per heavy atom. The fourth-order valence-electron chi connectivity index (χ4n) is 1.06. The summed E-state index contributed by atoms with van der Waals surface area (Å²) in [5.74, 6) is -0.596. The highest BCUT2D eigenvalue weighted by atomic mass is 19.1. The van der Waals surface area contributed by atoms with Gasteiger partial charge in [0.05, 0.1) is 6.61 Å². The lowest BCUT2D eigenvalue weighted by Gasteiger charge is -2.11. The summed E-state index contributed by atoms with van der Waals surface area (Å²) < 4.78 is 22.6. The summed E-state index contributed by atoms with van der Waals surface area (Å²) >= 11 is 0. The molecule has 16 heavy (non-hydrogen) atoms. The predicted molar refractivity (Wildman–Crippen MR) is 56.5 cm³/mol. The van der Waals surface area contributed by atoms with Gasteiger partial charge in [-0.15, -0.1) is 0 Å². The Balaban J connectivity index is 2.42. The highest BCUT2D eigenvalue weighted by molar-refractivity contribution is 5.75. The summed E-state index contributed by atoms with van der Waals surface area (Å²) in [5, 5.41) is 0. The quantitative estimate of drug-likeness (QED) is 0.765. The first-order chi connectivity index (χ1) is 7.63. The van der Waals surface area contributed by atoms with Gasteiger partial charge in [-0.05, 0) is 19.1 Å². The molecule has 0 aliphatic carbocycles. The smallest absolute Gasteiger partial charge is 0.326 e. The number of benzene rings is 1. The maximum atomic E-state index is 12.8. The first kappa shape index (κ1) is 12.4. The molecule has 1 aromatic carbocycles. The Morgan fingerprint density at radius 2 is 2.31 bits per heavy atom. The number of hydrogen-bond acceptors (Lipinski definition) is 4. The second-order valence-electron chi connectivity index (χ2n) is 3.13. The van der Waals surface area contributed by atoms with Crippen molar-refractivity contribution in [3.05, 3.63) is 30.1 Å². The first-order valence-electron chi connectivity index (χ1n) is 4.94. The lowest BCUT2D eigenvalue weighted by molar-refractivity contribution is -0.145. The minimum absolute atomic E-state index is 0.0394. The number of esters is 1. The van der Waals surface area contributed by atoms with E-state index in [0.29, 0.717) is 5.75 Å². The standard InChI is InChI=1S/C11H14FNO3/c1-2-15-11(14)10(13)7-16-9-5-3-4-8(12)6-9/h3-6,10H,2,7,13H2,1H3. The molecule has 0 saturated heterocycles. The average molecular weight is 227 g/mol. The summed E-state index contributed by atoms with van der Waals surface area (Å²) in [7, 11) is 0. The Hall–Kier alpha value is -1.62. The molecule has 4 nitrogen and oxygen atoms in total. The van der Waals surface area contributed by atoms with Gasteiger partial charge in [0.2, 0.25) is 0 Å². The van der Waals surface area contributed by atoms with Crippen LogP contribution in [-0.4, -0.2) is 25.2 Å². The lowest BCUT2D eigenvalue weighted by Crippen LogP contribution is -2.37. The monoisotopic (exact) mass is 227 g/mol. The zero-order valence-electron chi connectivity index (χ0n) is 8.98. The van der Waals surface area contributed by atoms with Crippen molar-refractivity contribution in [1.82, 2.24) is 0 Å². The van der Waals surface area contributed by atoms with Gasteiger partial charge < -0.3 is 15.2 Å². The maximum Gasteiger partial charge on any atom is 0.326 e. The van der Waals surface area contributed by atoms with E-state index in [1.807, 2.05) is 0 Å². The minimum atomic E-state index is -0.858. The second-order valence-corrected chi connectivity index (χ2v) is 3.13. The van der Waals surface area contributed by atoms with Gasteiger partial charge in [0, 0.05) is 6.07 Å². The number of ether oxygens (including phenoxy) is 2. The van der Waals surface area contributed by atoms with Gasteiger partial charge in [0.25, 0.3) is 0 Å². The van der Waals surface area contributed by atoms with Crippen molar-refractivity contribution in [1.29, 1.82) is 0 Å². The zero-order chi connectivity index (χ0) is 12.0. The van der Waals surface area contributed by atoms with Crippen LogP contribution < -0.4 is 10.5 Å². The molecule has 0 heterocycles. The molecular formula is C11H14FNO3. The molecule has 1 atom stereocenters. The third-order valence-electron chi connectivity index (χ3n) is 1.81. The predicted octanol–water partition coefficient (Wildman–Crippen LogP) is 1.09. The summed E-state index contributed by atoms with van der Waals surface area (Å²) in [6.45, 7) is 1.92. The molecule has 0 saturated carbocycles. The zero-order valence-corrected chi connectivity index (χ0v) is 8.98. The van der Waals surface area contributed by atoms with Crippen LogP contribution in [0.5, 0.6) is 5.75 Å². The molecule has 0 spiro atoms. The highest BCUT2D eigenvalue weighted by Crippen LogP contribution is 2.11. The molecule has 0 fully saturated rings. The van der Waals surface area contributed by atoms with E-state index < -0.39 is 17.8 Å². The number of carbonyl (C=O) groups is 1. The van der Waals surface area contributed by atoms with Gasteiger partial charge in [-0.1, -0.05) is 6.07 Å². The van der Waals surface area contributed by atoms with Crippen molar-refractivity contribution in [2.45, 2.75) is 13.0 Å². The fourth-order valence-corrected chi connectivity index (χ4v) is 1.06. The van der Waals surface area contributed by atoms with Crippen molar-refractivity contribution in [3.63, 3.8) is 0 Å². The number of nitrogens with two attached hydrogens (primary N) is 1. The van der Waals surface area contributed by atoms with Crippen molar-refractivity contribution >= 4 is 5.97 Å². The third-order valence-corrected chi connectivity index (χ3v) is 1.81. The Kier molecular flexibility index (Phi) is 4.72. The minimum Gasteiger partial charge on any atom is -0.491 e. The van der Waals surface area contributed by atoms with Gasteiger partial charge in [0.1, 0.15) is 24.2 Å². The Morgan fingerprint density at radius 3 is 2.94 bits per heavy atom. The molecule has 0 aliphatic heterocycles. The van der Waals surface area contributed by atoms with E-state index >= 15 is 0 Å². The molecule has 2 N–H and O–H groups in total. The van der Waals surface area contributed by atoms with E-state index in [9.17, 15) is 9.18 Å². The molecule has 0 radical (unpaired) electrons. The Bertz CT molecular complexity index is 357. The number of carbonyl (C=O) groups excluding carboxylic acids is 1. The van der Waals surface area contributed by atoms with Crippen LogP contribution >= 0.6 is 0 Å². The van der Waals surface area contributed by atoms with Crippen LogP contribution in [0.1, 0.15) is 6.92 Å². The molecule has 0 bridgehead atoms. The summed E-state index contributed by atoms with van der Waals surface area (Å²) in [6, 6.07) is 4.76. The van der Waals surface area contributed by atoms with E-state index in [0.717, 1.165) is 0 Å². The molecule has 88 valence electrons. The first-order valence-corrected chi connectivity index (χ1v) is 4.94. The van der Waals surface area contributed by atoms with Gasteiger partial charge in [-0.25, -0.2) is 4.39 Å². The number of halogens is 1. The van der Waals surface area contributed by atoms with E-state index in [4.69, 9.17) is 15.2 Å². The molecule has 1 aromatic rings.